The van der Waals surface area contributed by atoms with Gasteiger partial charge in [0.25, 0.3) is 0 Å². The molecule has 0 bridgehead atoms. The van der Waals surface area contributed by atoms with Gasteiger partial charge in [0, 0.05) is 43.3 Å². The zero-order valence-electron chi connectivity index (χ0n) is 14.8. The summed E-state index contributed by atoms with van der Waals surface area (Å²) in [6.45, 7) is 5.53. The second-order valence-electron chi connectivity index (χ2n) is 7.32. The van der Waals surface area contributed by atoms with E-state index in [1.165, 1.54) is 0 Å². The van der Waals surface area contributed by atoms with E-state index < -0.39 is 0 Å². The first-order valence-electron chi connectivity index (χ1n) is 9.33. The first-order chi connectivity index (χ1) is 12.2. The number of para-hydroxylation sites is 1. The van der Waals surface area contributed by atoms with Gasteiger partial charge in [0.05, 0.1) is 17.7 Å². The average molecular weight is 338 g/mol. The largest absolute Gasteiger partial charge is 0.379 e. The number of carbonyl (C=O) groups is 1. The van der Waals surface area contributed by atoms with Crippen LogP contribution in [0.5, 0.6) is 0 Å². The number of amides is 1. The lowest BCUT2D eigenvalue weighted by Gasteiger charge is -2.24. The highest BCUT2D eigenvalue weighted by atomic mass is 16.2. The van der Waals surface area contributed by atoms with Gasteiger partial charge in [-0.15, -0.1) is 0 Å². The number of aromatic nitrogens is 1. The molecule has 1 N–H and O–H groups in total. The third kappa shape index (κ3) is 3.47. The molecule has 2 aliphatic heterocycles. The summed E-state index contributed by atoms with van der Waals surface area (Å²) in [7, 11) is 0. The van der Waals surface area contributed by atoms with E-state index in [1.807, 2.05) is 12.3 Å². The minimum Gasteiger partial charge on any atom is -0.379 e. The monoisotopic (exact) mass is 338 g/mol. The summed E-state index contributed by atoms with van der Waals surface area (Å²) in [6, 6.07) is 11.1. The average Bonchev–Trinajstić information content (AvgIpc) is 3.24. The van der Waals surface area contributed by atoms with Crippen molar-refractivity contribution >= 4 is 22.5 Å². The Morgan fingerprint density at radius 1 is 1.24 bits per heavy atom. The van der Waals surface area contributed by atoms with Crippen LogP contribution in [-0.2, 0) is 4.79 Å². The fourth-order valence-electron chi connectivity index (χ4n) is 4.12. The zero-order chi connectivity index (χ0) is 17.2. The van der Waals surface area contributed by atoms with Gasteiger partial charge in [-0.3, -0.25) is 14.7 Å². The minimum atomic E-state index is 0.289. The Bertz CT molecular complexity index is 757. The smallest absolute Gasteiger partial charge is 0.236 e. The molecule has 2 aliphatic rings. The SMILES string of the molecule is C[C@@H]1CCCN1C(=O)CN1CC[C@@H](Nc2cccc3cccnc23)C1. The van der Waals surface area contributed by atoms with Gasteiger partial charge in [0.15, 0.2) is 0 Å². The molecule has 4 rings (SSSR count). The molecule has 5 heteroatoms. The molecule has 25 heavy (non-hydrogen) atoms. The van der Waals surface area contributed by atoms with Crippen molar-refractivity contribution in [1.29, 1.82) is 0 Å². The summed E-state index contributed by atoms with van der Waals surface area (Å²) in [6.07, 6.45) is 5.19. The molecule has 0 spiro atoms. The number of anilines is 1. The van der Waals surface area contributed by atoms with Crippen molar-refractivity contribution in [2.24, 2.45) is 0 Å². The standard InChI is InChI=1S/C20H26N4O/c1-15-5-4-11-24(15)19(25)14-23-12-9-17(13-23)22-18-8-2-6-16-7-3-10-21-20(16)18/h2-3,6-8,10,15,17,22H,4-5,9,11-14H2,1H3/t15-,17-/m1/s1. The lowest BCUT2D eigenvalue weighted by Crippen LogP contribution is -2.41. The predicted molar refractivity (Wildman–Crippen MR) is 101 cm³/mol. The van der Waals surface area contributed by atoms with Crippen molar-refractivity contribution in [2.75, 3.05) is 31.5 Å². The van der Waals surface area contributed by atoms with E-state index >= 15 is 0 Å². The summed E-state index contributed by atoms with van der Waals surface area (Å²) in [5, 5.41) is 4.79. The molecule has 2 saturated heterocycles. The Morgan fingerprint density at radius 3 is 2.96 bits per heavy atom. The first kappa shape index (κ1) is 16.3. The van der Waals surface area contributed by atoms with Gasteiger partial charge in [-0.2, -0.15) is 0 Å². The Kier molecular flexibility index (Phi) is 4.57. The topological polar surface area (TPSA) is 48.5 Å². The Labute approximate surface area is 149 Å². The highest BCUT2D eigenvalue weighted by Gasteiger charge is 2.29. The summed E-state index contributed by atoms with van der Waals surface area (Å²) >= 11 is 0. The molecular formula is C20H26N4O. The quantitative estimate of drug-likeness (QED) is 0.931. The lowest BCUT2D eigenvalue weighted by atomic mass is 10.1. The second kappa shape index (κ2) is 7.00. The van der Waals surface area contributed by atoms with E-state index in [2.05, 4.69) is 51.3 Å². The van der Waals surface area contributed by atoms with E-state index in [0.717, 1.165) is 55.5 Å². The molecule has 1 aromatic carbocycles. The maximum Gasteiger partial charge on any atom is 0.236 e. The van der Waals surface area contributed by atoms with Crippen molar-refractivity contribution in [3.63, 3.8) is 0 Å². The molecule has 0 unspecified atom stereocenters. The molecule has 2 fully saturated rings. The van der Waals surface area contributed by atoms with E-state index in [1.54, 1.807) is 0 Å². The third-order valence-electron chi connectivity index (χ3n) is 5.50. The maximum atomic E-state index is 12.5. The fourth-order valence-corrected chi connectivity index (χ4v) is 4.12. The van der Waals surface area contributed by atoms with Crippen LogP contribution in [0.15, 0.2) is 36.5 Å². The number of carbonyl (C=O) groups excluding carboxylic acids is 1. The van der Waals surface area contributed by atoms with Crippen LogP contribution in [0.1, 0.15) is 26.2 Å². The minimum absolute atomic E-state index is 0.289. The number of benzene rings is 1. The summed E-state index contributed by atoms with van der Waals surface area (Å²) in [4.78, 5) is 21.4. The van der Waals surface area contributed by atoms with Gasteiger partial charge in [0.2, 0.25) is 5.91 Å². The predicted octanol–water partition coefficient (Wildman–Crippen LogP) is 2.73. The Balaban J connectivity index is 1.37. The van der Waals surface area contributed by atoms with Crippen LogP contribution in [-0.4, -0.2) is 59.0 Å². The van der Waals surface area contributed by atoms with Crippen LogP contribution in [0.4, 0.5) is 5.69 Å². The van der Waals surface area contributed by atoms with Gasteiger partial charge in [0.1, 0.15) is 0 Å². The van der Waals surface area contributed by atoms with E-state index in [4.69, 9.17) is 0 Å². The van der Waals surface area contributed by atoms with E-state index in [-0.39, 0.29) is 5.91 Å². The van der Waals surface area contributed by atoms with Crippen molar-refractivity contribution in [3.8, 4) is 0 Å². The van der Waals surface area contributed by atoms with Crippen LogP contribution < -0.4 is 5.32 Å². The Hall–Kier alpha value is -2.14. The second-order valence-corrected chi connectivity index (χ2v) is 7.32. The molecular weight excluding hydrogens is 312 g/mol. The van der Waals surface area contributed by atoms with Crippen molar-refractivity contribution in [2.45, 2.75) is 38.3 Å². The number of fused-ring (bicyclic) bond motifs is 1. The van der Waals surface area contributed by atoms with Crippen molar-refractivity contribution in [1.82, 2.24) is 14.8 Å². The lowest BCUT2D eigenvalue weighted by molar-refractivity contribution is -0.132. The van der Waals surface area contributed by atoms with E-state index in [9.17, 15) is 4.79 Å². The molecule has 0 radical (unpaired) electrons. The number of rotatable bonds is 4. The van der Waals surface area contributed by atoms with E-state index in [0.29, 0.717) is 18.6 Å². The molecule has 2 aromatic rings. The zero-order valence-corrected chi connectivity index (χ0v) is 14.8. The van der Waals surface area contributed by atoms with Gasteiger partial charge in [-0.1, -0.05) is 18.2 Å². The van der Waals surface area contributed by atoms with Gasteiger partial charge < -0.3 is 10.2 Å². The number of nitrogens with one attached hydrogen (secondary N) is 1. The maximum absolute atomic E-state index is 12.5. The number of hydrogen-bond acceptors (Lipinski definition) is 4. The molecule has 2 atom stereocenters. The van der Waals surface area contributed by atoms with Crippen molar-refractivity contribution in [3.05, 3.63) is 36.5 Å². The summed E-state index contributed by atoms with van der Waals surface area (Å²) < 4.78 is 0. The van der Waals surface area contributed by atoms with Crippen LogP contribution in [0.2, 0.25) is 0 Å². The highest BCUT2D eigenvalue weighted by molar-refractivity contribution is 5.90. The molecule has 0 saturated carbocycles. The molecule has 1 amide bonds. The fraction of sp³-hybridized carbons (Fsp3) is 0.500. The Morgan fingerprint density at radius 2 is 2.12 bits per heavy atom. The van der Waals surface area contributed by atoms with Crippen LogP contribution in [0.25, 0.3) is 10.9 Å². The summed E-state index contributed by atoms with van der Waals surface area (Å²) in [5.74, 6) is 0.289. The number of nitrogens with zero attached hydrogens (tertiary/aromatic N) is 3. The molecule has 132 valence electrons. The van der Waals surface area contributed by atoms with Crippen LogP contribution >= 0.6 is 0 Å². The van der Waals surface area contributed by atoms with Gasteiger partial charge in [-0.05, 0) is 38.3 Å². The third-order valence-corrected chi connectivity index (χ3v) is 5.50. The molecule has 3 heterocycles. The number of pyridine rings is 1. The normalized spacial score (nSPS) is 24.1. The van der Waals surface area contributed by atoms with Crippen molar-refractivity contribution < 1.29 is 4.79 Å². The number of likely N-dealkylation sites (tertiary alicyclic amines) is 2. The van der Waals surface area contributed by atoms with Crippen LogP contribution in [0, 0.1) is 0 Å². The van der Waals surface area contributed by atoms with Gasteiger partial charge in [-0.25, -0.2) is 0 Å². The molecule has 1 aromatic heterocycles. The van der Waals surface area contributed by atoms with Crippen LogP contribution in [0.3, 0.4) is 0 Å². The molecule has 0 aliphatic carbocycles. The molecule has 5 nitrogen and oxygen atoms in total. The number of hydrogen-bond donors (Lipinski definition) is 1. The first-order valence-corrected chi connectivity index (χ1v) is 9.33. The highest BCUT2D eigenvalue weighted by Crippen LogP contribution is 2.24. The van der Waals surface area contributed by atoms with Gasteiger partial charge >= 0.3 is 0 Å². The summed E-state index contributed by atoms with van der Waals surface area (Å²) in [5.41, 5.74) is 2.11.